The van der Waals surface area contributed by atoms with Gasteiger partial charge in [0.25, 0.3) is 0 Å². The van der Waals surface area contributed by atoms with Crippen LogP contribution in [-0.4, -0.2) is 6.54 Å². The van der Waals surface area contributed by atoms with Crippen LogP contribution in [0.5, 0.6) is 0 Å². The summed E-state index contributed by atoms with van der Waals surface area (Å²) >= 11 is 0. The minimum absolute atomic E-state index is 0.456. The van der Waals surface area contributed by atoms with Gasteiger partial charge in [0.2, 0.25) is 0 Å². The van der Waals surface area contributed by atoms with Crippen molar-refractivity contribution in [2.75, 3.05) is 6.54 Å². The largest absolute Gasteiger partial charge is 0.310 e. The van der Waals surface area contributed by atoms with Gasteiger partial charge < -0.3 is 5.32 Å². The summed E-state index contributed by atoms with van der Waals surface area (Å²) in [5.74, 6) is 0. The van der Waals surface area contributed by atoms with E-state index >= 15 is 0 Å². The average Bonchev–Trinajstić information content (AvgIpc) is 2.30. The van der Waals surface area contributed by atoms with Gasteiger partial charge >= 0.3 is 0 Å². The molecule has 0 aliphatic carbocycles. The van der Waals surface area contributed by atoms with Crippen molar-refractivity contribution < 1.29 is 0 Å². The first-order valence-corrected chi connectivity index (χ1v) is 5.13. The molecule has 1 aromatic rings. The molecular formula is C12H14N2. The Labute approximate surface area is 84.6 Å². The highest BCUT2D eigenvalue weighted by molar-refractivity contribution is 5.34. The Hall–Kier alpha value is -1.33. The second-order valence-electron chi connectivity index (χ2n) is 3.74. The molecule has 1 N–H and O–H groups in total. The Morgan fingerprint density at radius 3 is 3.00 bits per heavy atom. The summed E-state index contributed by atoms with van der Waals surface area (Å²) in [5.41, 5.74) is 2.01. The van der Waals surface area contributed by atoms with Crippen LogP contribution in [0, 0.1) is 11.3 Å². The Kier molecular flexibility index (Phi) is 2.81. The van der Waals surface area contributed by atoms with E-state index in [1.54, 1.807) is 0 Å². The fraction of sp³-hybridized carbons (Fsp3) is 0.417. The second kappa shape index (κ2) is 4.26. The first-order valence-electron chi connectivity index (χ1n) is 5.13. The highest BCUT2D eigenvalue weighted by atomic mass is 14.9. The quantitative estimate of drug-likeness (QED) is 0.731. The molecule has 0 aromatic heterocycles. The number of nitrogens with zero attached hydrogens (tertiary/aromatic N) is 1. The molecule has 0 spiro atoms. The van der Waals surface area contributed by atoms with Crippen LogP contribution in [0.4, 0.5) is 0 Å². The van der Waals surface area contributed by atoms with E-state index in [-0.39, 0.29) is 0 Å². The van der Waals surface area contributed by atoms with E-state index in [1.807, 2.05) is 18.2 Å². The molecule has 14 heavy (non-hydrogen) atoms. The van der Waals surface area contributed by atoms with Crippen LogP contribution in [0.15, 0.2) is 24.3 Å². The third-order valence-corrected chi connectivity index (χ3v) is 2.73. The van der Waals surface area contributed by atoms with Crippen LogP contribution in [0.25, 0.3) is 0 Å². The van der Waals surface area contributed by atoms with E-state index in [4.69, 9.17) is 5.26 Å². The number of nitriles is 1. The first-order chi connectivity index (χ1) is 6.90. The molecule has 72 valence electrons. The van der Waals surface area contributed by atoms with Gasteiger partial charge in [-0.05, 0) is 37.1 Å². The summed E-state index contributed by atoms with van der Waals surface area (Å²) in [7, 11) is 0. The van der Waals surface area contributed by atoms with Gasteiger partial charge in [0.15, 0.2) is 0 Å². The monoisotopic (exact) mass is 186 g/mol. The maximum absolute atomic E-state index is 8.79. The molecule has 1 aliphatic rings. The van der Waals surface area contributed by atoms with Crippen LogP contribution < -0.4 is 5.32 Å². The lowest BCUT2D eigenvalue weighted by atomic mass is 9.96. The van der Waals surface area contributed by atoms with Gasteiger partial charge in [0.05, 0.1) is 11.6 Å². The van der Waals surface area contributed by atoms with E-state index < -0.39 is 0 Å². The fourth-order valence-corrected chi connectivity index (χ4v) is 1.96. The maximum atomic E-state index is 8.79. The maximum Gasteiger partial charge on any atom is 0.0991 e. The third kappa shape index (κ3) is 1.94. The van der Waals surface area contributed by atoms with Crippen LogP contribution in [-0.2, 0) is 0 Å². The van der Waals surface area contributed by atoms with Crippen molar-refractivity contribution in [3.63, 3.8) is 0 Å². The van der Waals surface area contributed by atoms with Gasteiger partial charge in [0.1, 0.15) is 0 Å². The van der Waals surface area contributed by atoms with Gasteiger partial charge in [-0.3, -0.25) is 0 Å². The lowest BCUT2D eigenvalue weighted by Gasteiger charge is -2.23. The number of rotatable bonds is 1. The van der Waals surface area contributed by atoms with Crippen LogP contribution in [0.1, 0.15) is 36.4 Å². The molecule has 1 aliphatic heterocycles. The first kappa shape index (κ1) is 9.23. The van der Waals surface area contributed by atoms with Gasteiger partial charge in [-0.1, -0.05) is 18.6 Å². The molecule has 1 unspecified atom stereocenters. The molecule has 0 amide bonds. The predicted octanol–water partition coefficient (Wildman–Crippen LogP) is 2.37. The van der Waals surface area contributed by atoms with E-state index in [1.165, 1.54) is 24.8 Å². The van der Waals surface area contributed by atoms with Crippen LogP contribution in [0.3, 0.4) is 0 Å². The minimum Gasteiger partial charge on any atom is -0.310 e. The summed E-state index contributed by atoms with van der Waals surface area (Å²) < 4.78 is 0. The second-order valence-corrected chi connectivity index (χ2v) is 3.74. The van der Waals surface area contributed by atoms with Crippen LogP contribution in [0.2, 0.25) is 0 Å². The summed E-state index contributed by atoms with van der Waals surface area (Å²) in [6.07, 6.45) is 3.75. The van der Waals surface area contributed by atoms with Crippen LogP contribution >= 0.6 is 0 Å². The standard InChI is InChI=1S/C12H14N2/c13-9-10-4-3-5-11(8-10)12-6-1-2-7-14-12/h3-5,8,12,14H,1-2,6-7H2. The Morgan fingerprint density at radius 2 is 2.29 bits per heavy atom. The lowest BCUT2D eigenvalue weighted by Crippen LogP contribution is -2.26. The van der Waals surface area contributed by atoms with E-state index in [2.05, 4.69) is 17.5 Å². The zero-order valence-electron chi connectivity index (χ0n) is 8.16. The summed E-state index contributed by atoms with van der Waals surface area (Å²) in [4.78, 5) is 0. The third-order valence-electron chi connectivity index (χ3n) is 2.73. The molecule has 1 atom stereocenters. The molecule has 1 saturated heterocycles. The summed E-state index contributed by atoms with van der Waals surface area (Å²) in [6.45, 7) is 1.10. The van der Waals surface area contributed by atoms with Crippen molar-refractivity contribution in [3.8, 4) is 6.07 Å². The van der Waals surface area contributed by atoms with Crippen molar-refractivity contribution >= 4 is 0 Å². The Bertz CT molecular complexity index is 346. The molecule has 1 fully saturated rings. The Morgan fingerprint density at radius 1 is 1.36 bits per heavy atom. The van der Waals surface area contributed by atoms with Crippen molar-refractivity contribution in [2.24, 2.45) is 0 Å². The van der Waals surface area contributed by atoms with E-state index in [0.29, 0.717) is 6.04 Å². The molecule has 1 aromatic carbocycles. The molecular weight excluding hydrogens is 172 g/mol. The molecule has 0 saturated carbocycles. The normalized spacial score (nSPS) is 21.5. The van der Waals surface area contributed by atoms with E-state index in [0.717, 1.165) is 12.1 Å². The van der Waals surface area contributed by atoms with Crippen molar-refractivity contribution in [1.82, 2.24) is 5.32 Å². The number of hydrogen-bond donors (Lipinski definition) is 1. The lowest BCUT2D eigenvalue weighted by molar-refractivity contribution is 0.412. The zero-order valence-corrected chi connectivity index (χ0v) is 8.16. The zero-order chi connectivity index (χ0) is 9.80. The predicted molar refractivity (Wildman–Crippen MR) is 55.8 cm³/mol. The van der Waals surface area contributed by atoms with Gasteiger partial charge in [-0.15, -0.1) is 0 Å². The average molecular weight is 186 g/mol. The minimum atomic E-state index is 0.456. The van der Waals surface area contributed by atoms with Crippen molar-refractivity contribution in [1.29, 1.82) is 5.26 Å². The van der Waals surface area contributed by atoms with Crippen molar-refractivity contribution in [3.05, 3.63) is 35.4 Å². The number of benzene rings is 1. The van der Waals surface area contributed by atoms with Gasteiger partial charge in [-0.2, -0.15) is 5.26 Å². The molecule has 2 nitrogen and oxygen atoms in total. The Balaban J connectivity index is 2.18. The molecule has 0 bridgehead atoms. The summed E-state index contributed by atoms with van der Waals surface area (Å²) in [6, 6.07) is 10.5. The smallest absolute Gasteiger partial charge is 0.0991 e. The fourth-order valence-electron chi connectivity index (χ4n) is 1.96. The number of piperidine rings is 1. The SMILES string of the molecule is N#Cc1cccc(C2CCCCN2)c1. The van der Waals surface area contributed by atoms with Gasteiger partial charge in [0, 0.05) is 6.04 Å². The number of nitrogens with one attached hydrogen (secondary N) is 1. The summed E-state index contributed by atoms with van der Waals surface area (Å²) in [5, 5.41) is 12.3. The van der Waals surface area contributed by atoms with E-state index in [9.17, 15) is 0 Å². The molecule has 2 heteroatoms. The topological polar surface area (TPSA) is 35.8 Å². The number of hydrogen-bond acceptors (Lipinski definition) is 2. The highest BCUT2D eigenvalue weighted by Crippen LogP contribution is 2.23. The van der Waals surface area contributed by atoms with Crippen molar-refractivity contribution in [2.45, 2.75) is 25.3 Å². The highest BCUT2D eigenvalue weighted by Gasteiger charge is 2.14. The van der Waals surface area contributed by atoms with Gasteiger partial charge in [-0.25, -0.2) is 0 Å². The molecule has 0 radical (unpaired) electrons. The molecule has 2 rings (SSSR count). The molecule has 1 heterocycles.